The van der Waals surface area contributed by atoms with Crippen molar-refractivity contribution in [3.8, 4) is 0 Å². The number of furan rings is 1. The number of para-hydroxylation sites is 2. The van der Waals surface area contributed by atoms with Crippen molar-refractivity contribution >= 4 is 38.7 Å². The van der Waals surface area contributed by atoms with Gasteiger partial charge in [-0.25, -0.2) is 4.98 Å². The number of pyridine rings is 1. The Morgan fingerprint density at radius 1 is 0.960 bits per heavy atom. The number of hydrogen-bond donors (Lipinski definition) is 1. The average Bonchev–Trinajstić information content (AvgIpc) is 3.03. The van der Waals surface area contributed by atoms with Gasteiger partial charge in [-0.3, -0.25) is 0 Å². The van der Waals surface area contributed by atoms with Crippen molar-refractivity contribution in [1.82, 2.24) is 9.88 Å². The van der Waals surface area contributed by atoms with Crippen molar-refractivity contribution in [3.63, 3.8) is 0 Å². The van der Waals surface area contributed by atoms with E-state index in [0.717, 1.165) is 33.9 Å². The monoisotopic (exact) mass is 337 g/mol. The molecule has 4 nitrogen and oxygen atoms in total. The highest BCUT2D eigenvalue weighted by Crippen LogP contribution is 2.34. The largest absolute Gasteiger partial charge is 0.452 e. The van der Waals surface area contributed by atoms with Crippen molar-refractivity contribution in [3.05, 3.63) is 48.5 Å². The second-order valence-corrected chi connectivity index (χ2v) is 5.71. The molecule has 0 aliphatic heterocycles. The van der Waals surface area contributed by atoms with Gasteiger partial charge in [-0.1, -0.05) is 51.1 Å². The molecule has 0 saturated heterocycles. The lowest BCUT2D eigenvalue weighted by molar-refractivity contribution is 0.434. The zero-order valence-corrected chi connectivity index (χ0v) is 15.7. The summed E-state index contributed by atoms with van der Waals surface area (Å²) in [7, 11) is 4.11. The molecule has 4 aromatic rings. The van der Waals surface area contributed by atoms with Crippen molar-refractivity contribution in [2.45, 2.75) is 20.8 Å². The highest BCUT2D eigenvalue weighted by molar-refractivity contribution is 6.12. The molecule has 4 rings (SSSR count). The molecule has 0 unspecified atom stereocenters. The van der Waals surface area contributed by atoms with Crippen LogP contribution in [0.4, 0.5) is 5.69 Å². The van der Waals surface area contributed by atoms with Gasteiger partial charge in [0.2, 0.25) is 0 Å². The third-order valence-electron chi connectivity index (χ3n) is 3.87. The summed E-state index contributed by atoms with van der Waals surface area (Å²) in [5.41, 5.74) is 10.1. The van der Waals surface area contributed by atoms with E-state index in [9.17, 15) is 0 Å². The molecule has 0 atom stereocenters. The molecular formula is C21H27N3O. The first kappa shape index (κ1) is 18.7. The predicted octanol–water partition coefficient (Wildman–Crippen LogP) is 5.31. The van der Waals surface area contributed by atoms with Gasteiger partial charge in [-0.15, -0.1) is 0 Å². The maximum absolute atomic E-state index is 6.18. The molecule has 2 aromatic heterocycles. The standard InChI is InChI=1S/C15H10N2O.C4H11N.C2H6/c16-13-9-5-1-3-7-11(9)17-14-10-6-2-4-8-12(10)18-15(13)14;1-4-5(2)3;1-2/h1-8H,(H2,16,17);4H2,1-3H3;1-2H3. The summed E-state index contributed by atoms with van der Waals surface area (Å²) in [6.07, 6.45) is 0. The van der Waals surface area contributed by atoms with Crippen LogP contribution < -0.4 is 5.73 Å². The first-order chi connectivity index (χ1) is 12.1. The Labute approximate surface area is 149 Å². The van der Waals surface area contributed by atoms with Crippen molar-refractivity contribution in [2.24, 2.45) is 0 Å². The van der Waals surface area contributed by atoms with Gasteiger partial charge in [0.1, 0.15) is 11.1 Å². The van der Waals surface area contributed by atoms with E-state index in [4.69, 9.17) is 10.2 Å². The van der Waals surface area contributed by atoms with E-state index in [1.165, 1.54) is 0 Å². The van der Waals surface area contributed by atoms with E-state index in [1.54, 1.807) is 0 Å². The Balaban J connectivity index is 0.000000281. The molecule has 0 fully saturated rings. The number of nitrogen functional groups attached to an aromatic ring is 1. The Hall–Kier alpha value is -2.59. The Morgan fingerprint density at radius 2 is 1.52 bits per heavy atom. The molecule has 2 heterocycles. The molecule has 25 heavy (non-hydrogen) atoms. The molecule has 2 N–H and O–H groups in total. The molecule has 0 saturated carbocycles. The Morgan fingerprint density at radius 3 is 2.16 bits per heavy atom. The first-order valence-corrected chi connectivity index (χ1v) is 8.72. The van der Waals surface area contributed by atoms with Crippen LogP contribution >= 0.6 is 0 Å². The highest BCUT2D eigenvalue weighted by Gasteiger charge is 2.13. The van der Waals surface area contributed by atoms with Crippen LogP contribution in [0.15, 0.2) is 52.9 Å². The number of anilines is 1. The van der Waals surface area contributed by atoms with Crippen LogP contribution in [-0.4, -0.2) is 30.5 Å². The van der Waals surface area contributed by atoms with E-state index in [2.05, 4.69) is 30.9 Å². The van der Waals surface area contributed by atoms with Gasteiger partial charge in [-0.05, 0) is 38.8 Å². The molecule has 0 spiro atoms. The van der Waals surface area contributed by atoms with Gasteiger partial charge in [0, 0.05) is 10.8 Å². The summed E-state index contributed by atoms with van der Waals surface area (Å²) in [6, 6.07) is 15.7. The second-order valence-electron chi connectivity index (χ2n) is 5.71. The zero-order chi connectivity index (χ0) is 18.4. The van der Waals surface area contributed by atoms with Gasteiger partial charge < -0.3 is 15.1 Å². The van der Waals surface area contributed by atoms with Crippen LogP contribution in [0.25, 0.3) is 33.0 Å². The van der Waals surface area contributed by atoms with E-state index < -0.39 is 0 Å². The van der Waals surface area contributed by atoms with Crippen LogP contribution in [0.2, 0.25) is 0 Å². The lowest BCUT2D eigenvalue weighted by Gasteiger charge is -2.01. The summed E-state index contributed by atoms with van der Waals surface area (Å²) in [4.78, 5) is 6.78. The molecule has 0 bridgehead atoms. The lowest BCUT2D eigenvalue weighted by atomic mass is 10.1. The predicted molar refractivity (Wildman–Crippen MR) is 109 cm³/mol. The number of aromatic nitrogens is 1. The summed E-state index contributed by atoms with van der Waals surface area (Å²) < 4.78 is 5.80. The Kier molecular flexibility index (Phi) is 6.37. The van der Waals surface area contributed by atoms with E-state index in [1.807, 2.05) is 62.4 Å². The maximum Gasteiger partial charge on any atom is 0.177 e. The normalized spacial score (nSPS) is 10.5. The van der Waals surface area contributed by atoms with Gasteiger partial charge >= 0.3 is 0 Å². The van der Waals surface area contributed by atoms with E-state index in [0.29, 0.717) is 11.3 Å². The summed E-state index contributed by atoms with van der Waals surface area (Å²) in [5.74, 6) is 0. The fourth-order valence-electron chi connectivity index (χ4n) is 2.37. The lowest BCUT2D eigenvalue weighted by Crippen LogP contribution is -2.08. The summed E-state index contributed by atoms with van der Waals surface area (Å²) in [5, 5.41) is 1.94. The van der Waals surface area contributed by atoms with Gasteiger partial charge in [-0.2, -0.15) is 0 Å². The number of hydrogen-bond acceptors (Lipinski definition) is 4. The molecule has 4 heteroatoms. The zero-order valence-electron chi connectivity index (χ0n) is 15.7. The molecule has 2 aromatic carbocycles. The number of fused-ring (bicyclic) bond motifs is 4. The fraction of sp³-hybridized carbons (Fsp3) is 0.286. The summed E-state index contributed by atoms with van der Waals surface area (Å²) in [6.45, 7) is 7.26. The van der Waals surface area contributed by atoms with Crippen molar-refractivity contribution in [2.75, 3.05) is 26.4 Å². The molecular weight excluding hydrogens is 310 g/mol. The van der Waals surface area contributed by atoms with Crippen LogP contribution in [0, 0.1) is 0 Å². The minimum absolute atomic E-state index is 0.659. The van der Waals surface area contributed by atoms with Crippen molar-refractivity contribution < 1.29 is 4.42 Å². The highest BCUT2D eigenvalue weighted by atomic mass is 16.3. The third kappa shape index (κ3) is 3.91. The first-order valence-electron chi connectivity index (χ1n) is 8.72. The van der Waals surface area contributed by atoms with Crippen LogP contribution in [-0.2, 0) is 0 Å². The third-order valence-corrected chi connectivity index (χ3v) is 3.87. The molecule has 0 aliphatic rings. The molecule has 0 amide bonds. The van der Waals surface area contributed by atoms with Gasteiger partial charge in [0.25, 0.3) is 0 Å². The number of nitrogens with zero attached hydrogens (tertiary/aromatic N) is 2. The van der Waals surface area contributed by atoms with Gasteiger partial charge in [0.15, 0.2) is 5.58 Å². The number of benzene rings is 2. The molecule has 0 aliphatic carbocycles. The van der Waals surface area contributed by atoms with E-state index >= 15 is 0 Å². The molecule has 0 radical (unpaired) electrons. The summed E-state index contributed by atoms with van der Waals surface area (Å²) >= 11 is 0. The topological polar surface area (TPSA) is 55.3 Å². The number of nitrogens with two attached hydrogens (primary N) is 1. The van der Waals surface area contributed by atoms with Crippen molar-refractivity contribution in [1.29, 1.82) is 0 Å². The SMILES string of the molecule is CC.CCN(C)C.Nc1c2ccccc2nc2c1oc1ccccc12. The maximum atomic E-state index is 6.18. The average molecular weight is 337 g/mol. The quantitative estimate of drug-likeness (QED) is 0.511. The smallest absolute Gasteiger partial charge is 0.177 e. The fourth-order valence-corrected chi connectivity index (χ4v) is 2.37. The second kappa shape index (κ2) is 8.49. The van der Waals surface area contributed by atoms with Crippen LogP contribution in [0.5, 0.6) is 0 Å². The number of rotatable bonds is 1. The van der Waals surface area contributed by atoms with E-state index in [-0.39, 0.29) is 0 Å². The van der Waals surface area contributed by atoms with Crippen LogP contribution in [0.3, 0.4) is 0 Å². The Bertz CT molecular complexity index is 957. The minimum atomic E-state index is 0.659. The van der Waals surface area contributed by atoms with Gasteiger partial charge in [0.05, 0.1) is 11.2 Å². The van der Waals surface area contributed by atoms with Crippen LogP contribution in [0.1, 0.15) is 20.8 Å². The molecule has 132 valence electrons. The minimum Gasteiger partial charge on any atom is -0.452 e.